The number of ketones is 1. The van der Waals surface area contributed by atoms with Crippen LogP contribution in [0.5, 0.6) is 17.2 Å². The Morgan fingerprint density at radius 3 is 2.45 bits per heavy atom. The molecule has 102 valence electrons. The van der Waals surface area contributed by atoms with Gasteiger partial charge in [0, 0.05) is 22.9 Å². The quantitative estimate of drug-likeness (QED) is 0.684. The van der Waals surface area contributed by atoms with Crippen LogP contribution in [0.3, 0.4) is 0 Å². The maximum Gasteiger partial charge on any atom is 0.231 e. The number of hydrogen-bond acceptors (Lipinski definition) is 5. The van der Waals surface area contributed by atoms with E-state index in [4.69, 9.17) is 19.9 Å². The summed E-state index contributed by atoms with van der Waals surface area (Å²) >= 11 is 0. The molecule has 0 amide bonds. The number of nitrogen functional groups attached to an aromatic ring is 1. The fourth-order valence-corrected chi connectivity index (χ4v) is 2.05. The smallest absolute Gasteiger partial charge is 0.231 e. The Morgan fingerprint density at radius 1 is 1.15 bits per heavy atom. The van der Waals surface area contributed by atoms with Crippen molar-refractivity contribution in [1.82, 2.24) is 0 Å². The predicted molar refractivity (Wildman–Crippen MR) is 73.4 cm³/mol. The van der Waals surface area contributed by atoms with Crippen molar-refractivity contribution < 1.29 is 19.0 Å². The van der Waals surface area contributed by atoms with Gasteiger partial charge in [-0.25, -0.2) is 0 Å². The van der Waals surface area contributed by atoms with E-state index < -0.39 is 0 Å². The number of rotatable bonds is 3. The molecule has 0 fully saturated rings. The molecule has 0 aliphatic carbocycles. The molecule has 5 heteroatoms. The molecule has 2 aromatic rings. The third-order valence-electron chi connectivity index (χ3n) is 3.14. The molecule has 0 spiro atoms. The minimum Gasteiger partial charge on any atom is -0.497 e. The fraction of sp³-hybridized carbons (Fsp3) is 0.133. The van der Waals surface area contributed by atoms with E-state index in [9.17, 15) is 4.79 Å². The van der Waals surface area contributed by atoms with Gasteiger partial charge in [-0.1, -0.05) is 0 Å². The van der Waals surface area contributed by atoms with E-state index in [0.717, 1.165) is 0 Å². The van der Waals surface area contributed by atoms with Crippen LogP contribution in [0.15, 0.2) is 36.4 Å². The normalized spacial score (nSPS) is 12.2. The first-order valence-corrected chi connectivity index (χ1v) is 6.07. The number of anilines is 1. The second-order valence-electron chi connectivity index (χ2n) is 4.35. The fourth-order valence-electron chi connectivity index (χ4n) is 2.05. The second-order valence-corrected chi connectivity index (χ2v) is 4.35. The summed E-state index contributed by atoms with van der Waals surface area (Å²) in [6.07, 6.45) is 0. The highest BCUT2D eigenvalue weighted by Gasteiger charge is 2.20. The third-order valence-corrected chi connectivity index (χ3v) is 3.14. The maximum absolute atomic E-state index is 12.4. The van der Waals surface area contributed by atoms with E-state index in [1.165, 1.54) is 0 Å². The lowest BCUT2D eigenvalue weighted by molar-refractivity contribution is 0.103. The van der Waals surface area contributed by atoms with Gasteiger partial charge in [0.15, 0.2) is 17.3 Å². The summed E-state index contributed by atoms with van der Waals surface area (Å²) in [4.78, 5) is 12.4. The molecule has 0 saturated carbocycles. The number of nitrogens with two attached hydrogens (primary N) is 1. The van der Waals surface area contributed by atoms with Crippen molar-refractivity contribution in [2.45, 2.75) is 0 Å². The van der Waals surface area contributed by atoms with Crippen LogP contribution in [0.1, 0.15) is 15.9 Å². The minimum absolute atomic E-state index is 0.148. The van der Waals surface area contributed by atoms with Crippen molar-refractivity contribution in [2.75, 3.05) is 19.6 Å². The van der Waals surface area contributed by atoms with E-state index in [1.54, 1.807) is 43.5 Å². The lowest BCUT2D eigenvalue weighted by Gasteiger charge is -2.07. The summed E-state index contributed by atoms with van der Waals surface area (Å²) < 4.78 is 15.6. The van der Waals surface area contributed by atoms with E-state index >= 15 is 0 Å². The molecular formula is C15H13NO4. The average Bonchev–Trinajstić information content (AvgIpc) is 2.93. The van der Waals surface area contributed by atoms with E-state index in [0.29, 0.717) is 34.1 Å². The van der Waals surface area contributed by atoms with Crippen LogP contribution >= 0.6 is 0 Å². The lowest BCUT2D eigenvalue weighted by Crippen LogP contribution is -2.05. The molecule has 3 rings (SSSR count). The van der Waals surface area contributed by atoms with Crippen LogP contribution in [0.4, 0.5) is 5.69 Å². The number of carbonyl (C=O) groups excluding carboxylic acids is 1. The molecule has 20 heavy (non-hydrogen) atoms. The van der Waals surface area contributed by atoms with E-state index in [1.807, 2.05) is 0 Å². The van der Waals surface area contributed by atoms with Gasteiger partial charge in [-0.05, 0) is 30.3 Å². The zero-order valence-corrected chi connectivity index (χ0v) is 10.9. The van der Waals surface area contributed by atoms with E-state index in [-0.39, 0.29) is 12.6 Å². The molecule has 0 radical (unpaired) electrons. The molecule has 0 bridgehead atoms. The molecule has 0 saturated heterocycles. The van der Waals surface area contributed by atoms with Gasteiger partial charge in [-0.15, -0.1) is 0 Å². The maximum atomic E-state index is 12.4. The van der Waals surface area contributed by atoms with Gasteiger partial charge >= 0.3 is 0 Å². The van der Waals surface area contributed by atoms with Gasteiger partial charge in [0.25, 0.3) is 0 Å². The van der Waals surface area contributed by atoms with Crippen molar-refractivity contribution in [2.24, 2.45) is 0 Å². The lowest BCUT2D eigenvalue weighted by atomic mass is 10.0. The zero-order valence-electron chi connectivity index (χ0n) is 10.9. The summed E-state index contributed by atoms with van der Waals surface area (Å²) in [5, 5.41) is 0. The molecule has 2 N–H and O–H groups in total. The standard InChI is InChI=1S/C15H13NO4/c1-18-10-4-2-9(3-5-10)15(17)11-6-13-14(7-12(11)16)20-8-19-13/h2-7H,8,16H2,1H3. The van der Waals surface area contributed by atoms with E-state index in [2.05, 4.69) is 0 Å². The average molecular weight is 271 g/mol. The number of benzene rings is 2. The van der Waals surface area contributed by atoms with Crippen molar-refractivity contribution in [3.05, 3.63) is 47.5 Å². The van der Waals surface area contributed by atoms with Crippen molar-refractivity contribution in [3.8, 4) is 17.2 Å². The third kappa shape index (κ3) is 2.03. The summed E-state index contributed by atoms with van der Waals surface area (Å²) in [7, 11) is 1.58. The monoisotopic (exact) mass is 271 g/mol. The number of ether oxygens (including phenoxy) is 3. The van der Waals surface area contributed by atoms with Gasteiger partial charge in [-0.2, -0.15) is 0 Å². The van der Waals surface area contributed by atoms with Gasteiger partial charge in [0.1, 0.15) is 5.75 Å². The van der Waals surface area contributed by atoms with Crippen LogP contribution < -0.4 is 19.9 Å². The Bertz CT molecular complexity index is 664. The Labute approximate surface area is 115 Å². The van der Waals surface area contributed by atoms with Gasteiger partial charge in [0.2, 0.25) is 6.79 Å². The Balaban J connectivity index is 1.97. The first-order chi connectivity index (χ1) is 9.69. The number of hydrogen-bond donors (Lipinski definition) is 1. The Hall–Kier alpha value is -2.69. The summed E-state index contributed by atoms with van der Waals surface area (Å²) in [6.45, 7) is 0.148. The first kappa shape index (κ1) is 12.3. The molecular weight excluding hydrogens is 258 g/mol. The van der Waals surface area contributed by atoms with Crippen molar-refractivity contribution >= 4 is 11.5 Å². The minimum atomic E-state index is -0.163. The highest BCUT2D eigenvalue weighted by molar-refractivity contribution is 6.12. The Morgan fingerprint density at radius 2 is 1.80 bits per heavy atom. The predicted octanol–water partition coefficient (Wildman–Crippen LogP) is 2.24. The summed E-state index contributed by atoms with van der Waals surface area (Å²) in [5.74, 6) is 1.63. The highest BCUT2D eigenvalue weighted by Crippen LogP contribution is 2.36. The van der Waals surface area contributed by atoms with Crippen LogP contribution in [0.2, 0.25) is 0 Å². The first-order valence-electron chi connectivity index (χ1n) is 6.07. The zero-order chi connectivity index (χ0) is 14.1. The highest BCUT2D eigenvalue weighted by atomic mass is 16.7. The molecule has 1 aliphatic heterocycles. The topological polar surface area (TPSA) is 70.8 Å². The molecule has 0 atom stereocenters. The molecule has 0 unspecified atom stereocenters. The molecule has 2 aromatic carbocycles. The van der Waals surface area contributed by atoms with Crippen molar-refractivity contribution in [1.29, 1.82) is 0 Å². The van der Waals surface area contributed by atoms with Crippen LogP contribution in [0.25, 0.3) is 0 Å². The molecule has 0 aromatic heterocycles. The Kier molecular flexibility index (Phi) is 2.95. The number of methoxy groups -OCH3 is 1. The van der Waals surface area contributed by atoms with Gasteiger partial charge in [-0.3, -0.25) is 4.79 Å². The van der Waals surface area contributed by atoms with Crippen LogP contribution in [-0.4, -0.2) is 19.7 Å². The number of carbonyl (C=O) groups is 1. The second kappa shape index (κ2) is 4.77. The molecule has 5 nitrogen and oxygen atoms in total. The van der Waals surface area contributed by atoms with Crippen LogP contribution in [-0.2, 0) is 0 Å². The van der Waals surface area contributed by atoms with Crippen LogP contribution in [0, 0.1) is 0 Å². The molecule has 1 heterocycles. The molecule has 1 aliphatic rings. The summed E-state index contributed by atoms with van der Waals surface area (Å²) in [5.41, 5.74) is 7.22. The summed E-state index contributed by atoms with van der Waals surface area (Å²) in [6, 6.07) is 10.1. The SMILES string of the molecule is COc1ccc(C(=O)c2cc3c(cc2N)OCO3)cc1. The van der Waals surface area contributed by atoms with Crippen molar-refractivity contribution in [3.63, 3.8) is 0 Å². The van der Waals surface area contributed by atoms with Gasteiger partial charge in [0.05, 0.1) is 7.11 Å². The van der Waals surface area contributed by atoms with Gasteiger partial charge < -0.3 is 19.9 Å². The largest absolute Gasteiger partial charge is 0.497 e. The number of fused-ring (bicyclic) bond motifs is 1.